The van der Waals surface area contributed by atoms with Crippen LogP contribution < -0.4 is 15.5 Å². The Morgan fingerprint density at radius 2 is 1.73 bits per heavy atom. The molecule has 0 aromatic heterocycles. The highest BCUT2D eigenvalue weighted by molar-refractivity contribution is 9.10. The SMILES string of the molecule is CC(C)C(NC(=O)c1ccc(Cl)c(Cl)c1)C(=O)N/N=C/c1cc(Br)ccc1OCc1ccc(Cl)cc1Cl. The number of nitrogens with zero attached hydrogens (tertiary/aromatic N) is 1. The van der Waals surface area contributed by atoms with Crippen molar-refractivity contribution in [2.75, 3.05) is 0 Å². The molecule has 0 heterocycles. The van der Waals surface area contributed by atoms with Gasteiger partial charge in [0.25, 0.3) is 11.8 Å². The van der Waals surface area contributed by atoms with Gasteiger partial charge in [-0.25, -0.2) is 5.43 Å². The van der Waals surface area contributed by atoms with Crippen molar-refractivity contribution < 1.29 is 14.3 Å². The fraction of sp³-hybridized carbons (Fsp3) is 0.192. The zero-order chi connectivity index (χ0) is 27.1. The first-order chi connectivity index (χ1) is 17.5. The maximum atomic E-state index is 12.8. The first-order valence-corrected chi connectivity index (χ1v) is 13.3. The summed E-state index contributed by atoms with van der Waals surface area (Å²) in [6.07, 6.45) is 1.46. The highest BCUT2D eigenvalue weighted by Gasteiger charge is 2.25. The molecule has 3 aromatic rings. The molecule has 0 saturated heterocycles. The van der Waals surface area contributed by atoms with E-state index in [4.69, 9.17) is 51.1 Å². The summed E-state index contributed by atoms with van der Waals surface area (Å²) in [5, 5.41) is 8.40. The summed E-state index contributed by atoms with van der Waals surface area (Å²) < 4.78 is 6.73. The minimum atomic E-state index is -0.843. The number of amides is 2. The molecular formula is C26H22BrCl4N3O3. The normalized spacial score (nSPS) is 12.0. The lowest BCUT2D eigenvalue weighted by Gasteiger charge is -2.20. The van der Waals surface area contributed by atoms with Crippen LogP contribution in [-0.4, -0.2) is 24.1 Å². The third-order valence-electron chi connectivity index (χ3n) is 5.17. The lowest BCUT2D eigenvalue weighted by atomic mass is 10.0. The Hall–Kier alpha value is -2.29. The van der Waals surface area contributed by atoms with E-state index in [2.05, 4.69) is 31.8 Å². The Morgan fingerprint density at radius 3 is 2.41 bits per heavy atom. The Bertz CT molecular complexity index is 1330. The lowest BCUT2D eigenvalue weighted by Crippen LogP contribution is -2.48. The third-order valence-corrected chi connectivity index (χ3v) is 6.99. The quantitative estimate of drug-likeness (QED) is 0.186. The van der Waals surface area contributed by atoms with E-state index >= 15 is 0 Å². The van der Waals surface area contributed by atoms with E-state index in [0.717, 1.165) is 10.0 Å². The number of hydrogen-bond acceptors (Lipinski definition) is 4. The van der Waals surface area contributed by atoms with Crippen molar-refractivity contribution in [3.63, 3.8) is 0 Å². The zero-order valence-corrected chi connectivity index (χ0v) is 24.3. The fourth-order valence-electron chi connectivity index (χ4n) is 3.18. The molecule has 37 heavy (non-hydrogen) atoms. The van der Waals surface area contributed by atoms with Crippen LogP contribution in [0.5, 0.6) is 5.75 Å². The van der Waals surface area contributed by atoms with Gasteiger partial charge in [-0.3, -0.25) is 9.59 Å². The maximum absolute atomic E-state index is 12.8. The van der Waals surface area contributed by atoms with Gasteiger partial charge in [0.15, 0.2) is 0 Å². The molecule has 0 spiro atoms. The van der Waals surface area contributed by atoms with Gasteiger partial charge in [-0.1, -0.05) is 82.2 Å². The molecule has 0 fully saturated rings. The molecule has 2 N–H and O–H groups in total. The van der Waals surface area contributed by atoms with Gasteiger partial charge < -0.3 is 10.1 Å². The van der Waals surface area contributed by atoms with Crippen LogP contribution in [0.1, 0.15) is 35.3 Å². The van der Waals surface area contributed by atoms with Crippen LogP contribution in [0.3, 0.4) is 0 Å². The van der Waals surface area contributed by atoms with E-state index in [-0.39, 0.29) is 23.1 Å². The summed E-state index contributed by atoms with van der Waals surface area (Å²) in [6, 6.07) is 14.2. The third kappa shape index (κ3) is 8.35. The maximum Gasteiger partial charge on any atom is 0.262 e. The number of ether oxygens (including phenoxy) is 1. The highest BCUT2D eigenvalue weighted by atomic mass is 79.9. The number of nitrogens with one attached hydrogen (secondary N) is 2. The summed E-state index contributed by atoms with van der Waals surface area (Å²) in [4.78, 5) is 25.5. The molecule has 2 amide bonds. The minimum Gasteiger partial charge on any atom is -0.488 e. The van der Waals surface area contributed by atoms with Gasteiger partial charge in [0.1, 0.15) is 18.4 Å². The smallest absolute Gasteiger partial charge is 0.262 e. The Balaban J connectivity index is 1.68. The number of benzene rings is 3. The second-order valence-corrected chi connectivity index (χ2v) is 10.8. The summed E-state index contributed by atoms with van der Waals surface area (Å²) >= 11 is 27.5. The Labute approximate surface area is 243 Å². The van der Waals surface area contributed by atoms with Crippen molar-refractivity contribution in [2.24, 2.45) is 11.0 Å². The molecule has 3 aromatic carbocycles. The monoisotopic (exact) mass is 643 g/mol. The van der Waals surface area contributed by atoms with Crippen LogP contribution in [0, 0.1) is 5.92 Å². The number of hydrazone groups is 1. The molecule has 0 aliphatic heterocycles. The number of halogens is 5. The van der Waals surface area contributed by atoms with E-state index < -0.39 is 17.9 Å². The van der Waals surface area contributed by atoms with Crippen LogP contribution in [0.25, 0.3) is 0 Å². The Morgan fingerprint density at radius 1 is 0.973 bits per heavy atom. The van der Waals surface area contributed by atoms with Gasteiger partial charge >= 0.3 is 0 Å². The number of hydrogen-bond donors (Lipinski definition) is 2. The van der Waals surface area contributed by atoms with Gasteiger partial charge in [-0.05, 0) is 54.4 Å². The molecule has 6 nitrogen and oxygen atoms in total. The predicted molar refractivity (Wildman–Crippen MR) is 153 cm³/mol. The summed E-state index contributed by atoms with van der Waals surface area (Å²) in [5.41, 5.74) is 4.15. The van der Waals surface area contributed by atoms with Crippen molar-refractivity contribution in [3.8, 4) is 5.75 Å². The van der Waals surface area contributed by atoms with Crippen molar-refractivity contribution in [1.82, 2.24) is 10.7 Å². The van der Waals surface area contributed by atoms with Crippen LogP contribution in [0.2, 0.25) is 20.1 Å². The molecule has 11 heteroatoms. The molecule has 0 aliphatic rings. The van der Waals surface area contributed by atoms with Crippen molar-refractivity contribution in [2.45, 2.75) is 26.5 Å². The minimum absolute atomic E-state index is 0.209. The van der Waals surface area contributed by atoms with Gasteiger partial charge in [-0.15, -0.1) is 0 Å². The second-order valence-electron chi connectivity index (χ2n) is 8.26. The van der Waals surface area contributed by atoms with Crippen molar-refractivity contribution >= 4 is 80.4 Å². The first-order valence-electron chi connectivity index (χ1n) is 11.0. The standard InChI is InChI=1S/C26H22BrCl4N3O3/c1-14(2)24(33-25(35)15-4-7-20(29)22(31)10-15)26(36)34-32-12-17-9-18(27)5-8-23(17)37-13-16-3-6-19(28)11-21(16)30/h3-12,14,24H,13H2,1-2H3,(H,33,35)(H,34,36)/b32-12+. The molecule has 0 radical (unpaired) electrons. The van der Waals surface area contributed by atoms with E-state index in [0.29, 0.717) is 26.4 Å². The molecule has 0 bridgehead atoms. The lowest BCUT2D eigenvalue weighted by molar-refractivity contribution is -0.123. The zero-order valence-electron chi connectivity index (χ0n) is 19.7. The predicted octanol–water partition coefficient (Wildman–Crippen LogP) is 7.55. The van der Waals surface area contributed by atoms with E-state index in [1.807, 2.05) is 19.9 Å². The van der Waals surface area contributed by atoms with Gasteiger partial charge in [0.2, 0.25) is 0 Å². The molecule has 0 aliphatic carbocycles. The highest BCUT2D eigenvalue weighted by Crippen LogP contribution is 2.26. The van der Waals surface area contributed by atoms with Crippen LogP contribution in [-0.2, 0) is 11.4 Å². The fourth-order valence-corrected chi connectivity index (χ4v) is 4.32. The van der Waals surface area contributed by atoms with Crippen molar-refractivity contribution in [3.05, 3.63) is 95.9 Å². The molecular weight excluding hydrogens is 624 g/mol. The summed E-state index contributed by atoms with van der Waals surface area (Å²) in [7, 11) is 0. The first kappa shape index (κ1) is 29.3. The molecule has 1 unspecified atom stereocenters. The van der Waals surface area contributed by atoms with E-state index in [1.54, 1.807) is 30.3 Å². The number of carbonyl (C=O) groups is 2. The van der Waals surface area contributed by atoms with Crippen LogP contribution in [0.15, 0.2) is 64.2 Å². The average molecular weight is 646 g/mol. The van der Waals surface area contributed by atoms with Gasteiger partial charge in [-0.2, -0.15) is 5.10 Å². The van der Waals surface area contributed by atoms with E-state index in [9.17, 15) is 9.59 Å². The van der Waals surface area contributed by atoms with Crippen LogP contribution in [0.4, 0.5) is 0 Å². The van der Waals surface area contributed by atoms with Crippen LogP contribution >= 0.6 is 62.3 Å². The molecule has 3 rings (SSSR count). The topological polar surface area (TPSA) is 79.8 Å². The average Bonchev–Trinajstić information content (AvgIpc) is 2.84. The summed E-state index contributed by atoms with van der Waals surface area (Å²) in [6.45, 7) is 3.83. The Kier molecular flexibility index (Phi) is 10.7. The van der Waals surface area contributed by atoms with Crippen molar-refractivity contribution in [1.29, 1.82) is 0 Å². The largest absolute Gasteiger partial charge is 0.488 e. The number of carbonyl (C=O) groups excluding carboxylic acids is 2. The molecule has 1 atom stereocenters. The van der Waals surface area contributed by atoms with Gasteiger partial charge in [0, 0.05) is 31.2 Å². The van der Waals surface area contributed by atoms with E-state index in [1.165, 1.54) is 24.4 Å². The second kappa shape index (κ2) is 13.5. The molecule has 194 valence electrons. The number of rotatable bonds is 9. The molecule has 0 saturated carbocycles. The van der Waals surface area contributed by atoms with Gasteiger partial charge in [0.05, 0.1) is 16.3 Å². The summed E-state index contributed by atoms with van der Waals surface area (Å²) in [5.74, 6) is -0.624.